The normalized spacial score (nSPS) is 25.2. The highest BCUT2D eigenvalue weighted by Crippen LogP contribution is 2.41. The summed E-state index contributed by atoms with van der Waals surface area (Å²) in [5.74, 6) is -2.97. The van der Waals surface area contributed by atoms with E-state index in [4.69, 9.17) is 4.84 Å². The molecule has 1 rings (SSSR count). The van der Waals surface area contributed by atoms with Gasteiger partial charge >= 0.3 is 6.18 Å². The predicted molar refractivity (Wildman–Crippen MR) is 60.4 cm³/mol. The third-order valence-corrected chi connectivity index (χ3v) is 3.11. The molecule has 0 aromatic carbocycles. The van der Waals surface area contributed by atoms with Gasteiger partial charge in [0.2, 0.25) is 5.91 Å². The van der Waals surface area contributed by atoms with E-state index in [1.54, 1.807) is 0 Å². The molecule has 0 saturated heterocycles. The molecule has 2 unspecified atom stereocenters. The zero-order chi connectivity index (χ0) is 13.8. The third-order valence-electron chi connectivity index (χ3n) is 3.11. The van der Waals surface area contributed by atoms with Crippen LogP contribution in [0.25, 0.3) is 0 Å². The lowest BCUT2D eigenvalue weighted by molar-refractivity contribution is -0.201. The van der Waals surface area contributed by atoms with Crippen LogP contribution in [0.1, 0.15) is 39.5 Å². The number of amides is 1. The zero-order valence-corrected chi connectivity index (χ0v) is 10.7. The molecule has 1 aliphatic carbocycles. The van der Waals surface area contributed by atoms with Crippen molar-refractivity contribution in [2.75, 3.05) is 6.61 Å². The Kier molecular flexibility index (Phi) is 5.44. The molecule has 0 bridgehead atoms. The van der Waals surface area contributed by atoms with Crippen LogP contribution in [0.5, 0.6) is 0 Å². The van der Waals surface area contributed by atoms with Crippen LogP contribution in [-0.2, 0) is 9.63 Å². The molecule has 1 aliphatic rings. The molecule has 0 heterocycles. The topological polar surface area (TPSA) is 38.3 Å². The van der Waals surface area contributed by atoms with E-state index >= 15 is 0 Å². The fraction of sp³-hybridized carbons (Fsp3) is 0.917. The molecule has 1 saturated carbocycles. The fourth-order valence-electron chi connectivity index (χ4n) is 2.19. The van der Waals surface area contributed by atoms with Crippen molar-refractivity contribution in [1.82, 2.24) is 5.48 Å². The number of carbonyl (C=O) groups is 1. The highest BCUT2D eigenvalue weighted by Gasteiger charge is 2.48. The van der Waals surface area contributed by atoms with E-state index in [1.165, 1.54) is 0 Å². The quantitative estimate of drug-likeness (QED) is 0.795. The summed E-state index contributed by atoms with van der Waals surface area (Å²) in [5.41, 5.74) is 2.15. The maximum atomic E-state index is 12.8. The summed E-state index contributed by atoms with van der Waals surface area (Å²) in [6, 6.07) is 0. The molecule has 0 spiro atoms. The molecule has 0 aromatic rings. The van der Waals surface area contributed by atoms with Gasteiger partial charge < -0.3 is 0 Å². The molecule has 18 heavy (non-hydrogen) atoms. The van der Waals surface area contributed by atoms with Crippen LogP contribution in [0.2, 0.25) is 0 Å². The number of nitrogens with one attached hydrogen (secondary N) is 1. The Bertz CT molecular complexity index is 279. The number of hydrogen-bond donors (Lipinski definition) is 1. The van der Waals surface area contributed by atoms with Gasteiger partial charge in [-0.1, -0.05) is 26.7 Å². The van der Waals surface area contributed by atoms with Gasteiger partial charge in [-0.05, 0) is 18.8 Å². The number of carbonyl (C=O) groups excluding carboxylic acids is 1. The van der Waals surface area contributed by atoms with E-state index < -0.39 is 23.9 Å². The van der Waals surface area contributed by atoms with Crippen LogP contribution in [-0.4, -0.2) is 18.7 Å². The number of hydrogen-bond acceptors (Lipinski definition) is 2. The summed E-state index contributed by atoms with van der Waals surface area (Å²) in [4.78, 5) is 16.6. The van der Waals surface area contributed by atoms with E-state index in [0.29, 0.717) is 19.4 Å². The SMILES string of the molecule is CC(C)CONC(=O)C1CCCCC1C(F)(F)F. The van der Waals surface area contributed by atoms with Crippen LogP contribution in [0.4, 0.5) is 13.2 Å². The van der Waals surface area contributed by atoms with E-state index in [0.717, 1.165) is 0 Å². The lowest BCUT2D eigenvalue weighted by atomic mass is 9.78. The molecular formula is C12H20F3NO2. The lowest BCUT2D eigenvalue weighted by Crippen LogP contribution is -2.42. The first-order valence-electron chi connectivity index (χ1n) is 6.30. The number of hydroxylamine groups is 1. The van der Waals surface area contributed by atoms with Crippen molar-refractivity contribution in [2.24, 2.45) is 17.8 Å². The maximum absolute atomic E-state index is 12.8. The average molecular weight is 267 g/mol. The van der Waals surface area contributed by atoms with Gasteiger partial charge in [0, 0.05) is 0 Å². The first-order valence-corrected chi connectivity index (χ1v) is 6.30. The minimum absolute atomic E-state index is 0.0335. The predicted octanol–water partition coefficient (Wildman–Crippen LogP) is 3.06. The van der Waals surface area contributed by atoms with Gasteiger partial charge in [0.15, 0.2) is 0 Å². The summed E-state index contributed by atoms with van der Waals surface area (Å²) in [5, 5.41) is 0. The fourth-order valence-corrected chi connectivity index (χ4v) is 2.19. The monoisotopic (exact) mass is 267 g/mol. The van der Waals surface area contributed by atoms with E-state index in [2.05, 4.69) is 5.48 Å². The van der Waals surface area contributed by atoms with Gasteiger partial charge in [0.25, 0.3) is 0 Å². The number of halogens is 3. The summed E-state index contributed by atoms with van der Waals surface area (Å²) < 4.78 is 38.3. The molecule has 106 valence electrons. The van der Waals surface area contributed by atoms with Gasteiger partial charge in [-0.3, -0.25) is 9.63 Å². The smallest absolute Gasteiger partial charge is 0.273 e. The van der Waals surface area contributed by atoms with Crippen molar-refractivity contribution < 1.29 is 22.8 Å². The molecule has 1 fully saturated rings. The maximum Gasteiger partial charge on any atom is 0.392 e. The van der Waals surface area contributed by atoms with Crippen LogP contribution in [0, 0.1) is 17.8 Å². The molecule has 1 amide bonds. The number of rotatable bonds is 4. The summed E-state index contributed by atoms with van der Waals surface area (Å²) in [6.45, 7) is 4.09. The minimum Gasteiger partial charge on any atom is -0.273 e. The van der Waals surface area contributed by atoms with E-state index in [-0.39, 0.29) is 18.8 Å². The van der Waals surface area contributed by atoms with Crippen LogP contribution in [0.15, 0.2) is 0 Å². The first kappa shape index (κ1) is 15.3. The van der Waals surface area contributed by atoms with Gasteiger partial charge in [0.1, 0.15) is 0 Å². The Hall–Kier alpha value is -0.780. The first-order chi connectivity index (χ1) is 8.32. The van der Waals surface area contributed by atoms with Crippen LogP contribution >= 0.6 is 0 Å². The average Bonchev–Trinajstić information content (AvgIpc) is 2.27. The van der Waals surface area contributed by atoms with Crippen LogP contribution < -0.4 is 5.48 Å². The standard InChI is InChI=1S/C12H20F3NO2/c1-8(2)7-18-16-11(17)9-5-3-4-6-10(9)12(13,14)15/h8-10H,3-7H2,1-2H3,(H,16,17). The van der Waals surface area contributed by atoms with Crippen molar-refractivity contribution >= 4 is 5.91 Å². The van der Waals surface area contributed by atoms with Crippen molar-refractivity contribution in [3.05, 3.63) is 0 Å². The van der Waals surface area contributed by atoms with Gasteiger partial charge in [-0.2, -0.15) is 13.2 Å². The zero-order valence-electron chi connectivity index (χ0n) is 10.7. The summed E-state index contributed by atoms with van der Waals surface area (Å²) >= 11 is 0. The minimum atomic E-state index is -4.31. The van der Waals surface area contributed by atoms with Crippen LogP contribution in [0.3, 0.4) is 0 Å². The molecule has 3 nitrogen and oxygen atoms in total. The molecule has 0 radical (unpaired) electrons. The second kappa shape index (κ2) is 6.41. The van der Waals surface area contributed by atoms with E-state index in [1.807, 2.05) is 13.8 Å². The second-order valence-electron chi connectivity index (χ2n) is 5.21. The van der Waals surface area contributed by atoms with Gasteiger partial charge in [0.05, 0.1) is 18.4 Å². The lowest BCUT2D eigenvalue weighted by Gasteiger charge is -2.31. The second-order valence-corrected chi connectivity index (χ2v) is 5.21. The highest BCUT2D eigenvalue weighted by atomic mass is 19.4. The number of alkyl halides is 3. The summed E-state index contributed by atoms with van der Waals surface area (Å²) in [7, 11) is 0. The Morgan fingerprint density at radius 2 is 1.94 bits per heavy atom. The molecular weight excluding hydrogens is 247 g/mol. The Labute approximate surface area is 105 Å². The largest absolute Gasteiger partial charge is 0.392 e. The molecule has 0 aliphatic heterocycles. The Morgan fingerprint density at radius 3 is 2.50 bits per heavy atom. The molecule has 1 N–H and O–H groups in total. The van der Waals surface area contributed by atoms with Crippen molar-refractivity contribution in [2.45, 2.75) is 45.7 Å². The Morgan fingerprint density at radius 1 is 1.33 bits per heavy atom. The van der Waals surface area contributed by atoms with Gasteiger partial charge in [-0.15, -0.1) is 0 Å². The van der Waals surface area contributed by atoms with Crippen molar-refractivity contribution in [3.8, 4) is 0 Å². The highest BCUT2D eigenvalue weighted by molar-refractivity contribution is 5.78. The third kappa shape index (κ3) is 4.48. The van der Waals surface area contributed by atoms with Crippen molar-refractivity contribution in [1.29, 1.82) is 0 Å². The molecule has 0 aromatic heterocycles. The Balaban J connectivity index is 2.52. The van der Waals surface area contributed by atoms with Gasteiger partial charge in [-0.25, -0.2) is 5.48 Å². The molecule has 2 atom stereocenters. The molecule has 6 heteroatoms. The van der Waals surface area contributed by atoms with E-state index in [9.17, 15) is 18.0 Å². The summed E-state index contributed by atoms with van der Waals surface area (Å²) in [6.07, 6.45) is -2.80. The van der Waals surface area contributed by atoms with Crippen molar-refractivity contribution in [3.63, 3.8) is 0 Å².